The molecule has 118 valence electrons. The molecule has 1 aliphatic carbocycles. The highest BCUT2D eigenvalue weighted by molar-refractivity contribution is 5.52. The first kappa shape index (κ1) is 16.3. The summed E-state index contributed by atoms with van der Waals surface area (Å²) in [6.45, 7) is 5.61. The van der Waals surface area contributed by atoms with E-state index in [9.17, 15) is 5.11 Å². The number of aryl methyl sites for hydroxylation is 1. The summed E-state index contributed by atoms with van der Waals surface area (Å²) in [6.07, 6.45) is 5.66. The Morgan fingerprint density at radius 1 is 1.33 bits per heavy atom. The highest BCUT2D eigenvalue weighted by Crippen LogP contribution is 2.27. The molecule has 3 heteroatoms. The Bertz CT molecular complexity index is 439. The molecule has 1 aromatic carbocycles. The molecule has 1 unspecified atom stereocenters. The van der Waals surface area contributed by atoms with Crippen LogP contribution in [-0.4, -0.2) is 36.9 Å². The minimum Gasteiger partial charge on any atom is -0.394 e. The molecule has 0 aliphatic heterocycles. The summed E-state index contributed by atoms with van der Waals surface area (Å²) in [6, 6.07) is 9.16. The molecule has 21 heavy (non-hydrogen) atoms. The molecule has 0 amide bonds. The van der Waals surface area contributed by atoms with E-state index in [4.69, 9.17) is 0 Å². The van der Waals surface area contributed by atoms with E-state index in [1.807, 2.05) is 0 Å². The molecule has 1 aliphatic rings. The van der Waals surface area contributed by atoms with E-state index in [2.05, 4.69) is 55.4 Å². The fourth-order valence-corrected chi connectivity index (χ4v) is 3.01. The third-order valence-corrected chi connectivity index (χ3v) is 4.74. The summed E-state index contributed by atoms with van der Waals surface area (Å²) < 4.78 is 0. The lowest BCUT2D eigenvalue weighted by Gasteiger charge is -2.33. The lowest BCUT2D eigenvalue weighted by Crippen LogP contribution is -2.49. The number of nitrogens with one attached hydrogen (secondary N) is 1. The van der Waals surface area contributed by atoms with Gasteiger partial charge in [0.15, 0.2) is 0 Å². The van der Waals surface area contributed by atoms with Crippen molar-refractivity contribution in [2.45, 2.75) is 57.5 Å². The minimum absolute atomic E-state index is 0.0757. The SMILES string of the molecule is CCC(CO)(CCCN(C)c1ccccc1C)NC1CC1. The Hall–Kier alpha value is -1.06. The van der Waals surface area contributed by atoms with Crippen LogP contribution in [0.3, 0.4) is 0 Å². The Morgan fingerprint density at radius 2 is 2.05 bits per heavy atom. The van der Waals surface area contributed by atoms with E-state index in [0.717, 1.165) is 25.8 Å². The number of nitrogens with zero attached hydrogens (tertiary/aromatic N) is 1. The zero-order valence-corrected chi connectivity index (χ0v) is 13.7. The molecule has 0 saturated heterocycles. The van der Waals surface area contributed by atoms with E-state index in [-0.39, 0.29) is 12.1 Å². The number of hydrogen-bond acceptors (Lipinski definition) is 3. The number of rotatable bonds is 9. The number of aliphatic hydroxyl groups is 1. The van der Waals surface area contributed by atoms with Gasteiger partial charge in [-0.05, 0) is 50.7 Å². The smallest absolute Gasteiger partial charge is 0.0613 e. The third-order valence-electron chi connectivity index (χ3n) is 4.74. The van der Waals surface area contributed by atoms with Crippen LogP contribution < -0.4 is 10.2 Å². The second kappa shape index (κ2) is 7.28. The molecule has 0 spiro atoms. The van der Waals surface area contributed by atoms with Crippen molar-refractivity contribution in [3.63, 3.8) is 0 Å². The molecule has 0 bridgehead atoms. The van der Waals surface area contributed by atoms with Gasteiger partial charge in [-0.25, -0.2) is 0 Å². The quantitative estimate of drug-likeness (QED) is 0.733. The van der Waals surface area contributed by atoms with Crippen molar-refractivity contribution in [2.24, 2.45) is 0 Å². The van der Waals surface area contributed by atoms with Crippen molar-refractivity contribution in [1.82, 2.24) is 5.32 Å². The van der Waals surface area contributed by atoms with Crippen LogP contribution >= 0.6 is 0 Å². The van der Waals surface area contributed by atoms with Gasteiger partial charge in [-0.2, -0.15) is 0 Å². The molecule has 0 aromatic heterocycles. The number of benzene rings is 1. The summed E-state index contributed by atoms with van der Waals surface area (Å²) in [5.74, 6) is 0. The van der Waals surface area contributed by atoms with Crippen molar-refractivity contribution >= 4 is 5.69 Å². The Morgan fingerprint density at radius 3 is 2.62 bits per heavy atom. The van der Waals surface area contributed by atoms with Crippen molar-refractivity contribution < 1.29 is 5.11 Å². The molecule has 1 atom stereocenters. The molecule has 2 N–H and O–H groups in total. The Labute approximate surface area is 129 Å². The number of hydrogen-bond donors (Lipinski definition) is 2. The van der Waals surface area contributed by atoms with Crippen molar-refractivity contribution in [2.75, 3.05) is 25.1 Å². The summed E-state index contributed by atoms with van der Waals surface area (Å²) in [5.41, 5.74) is 2.55. The molecule has 0 radical (unpaired) electrons. The maximum atomic E-state index is 9.80. The lowest BCUT2D eigenvalue weighted by molar-refractivity contribution is 0.143. The maximum Gasteiger partial charge on any atom is 0.0613 e. The third kappa shape index (κ3) is 4.45. The molecule has 1 saturated carbocycles. The number of para-hydroxylation sites is 1. The summed E-state index contributed by atoms with van der Waals surface area (Å²) in [5, 5.41) is 13.5. The van der Waals surface area contributed by atoms with Gasteiger partial charge in [0.25, 0.3) is 0 Å². The van der Waals surface area contributed by atoms with Gasteiger partial charge in [0, 0.05) is 30.9 Å². The zero-order valence-electron chi connectivity index (χ0n) is 13.7. The summed E-state index contributed by atoms with van der Waals surface area (Å²) >= 11 is 0. The van der Waals surface area contributed by atoms with Crippen LogP contribution in [0.2, 0.25) is 0 Å². The van der Waals surface area contributed by atoms with Gasteiger partial charge in [-0.1, -0.05) is 25.1 Å². The van der Waals surface area contributed by atoms with E-state index >= 15 is 0 Å². The molecule has 0 heterocycles. The highest BCUT2D eigenvalue weighted by atomic mass is 16.3. The average molecular weight is 290 g/mol. The average Bonchev–Trinajstić information content (AvgIpc) is 3.30. The zero-order chi connectivity index (χ0) is 15.3. The van der Waals surface area contributed by atoms with Crippen molar-refractivity contribution in [3.8, 4) is 0 Å². The predicted molar refractivity (Wildman–Crippen MR) is 89.9 cm³/mol. The fraction of sp³-hybridized carbons (Fsp3) is 0.667. The molecular formula is C18H30N2O. The van der Waals surface area contributed by atoms with Crippen molar-refractivity contribution in [1.29, 1.82) is 0 Å². The first-order valence-corrected chi connectivity index (χ1v) is 8.25. The largest absolute Gasteiger partial charge is 0.394 e. The fourth-order valence-electron chi connectivity index (χ4n) is 3.01. The van der Waals surface area contributed by atoms with Crippen LogP contribution in [0, 0.1) is 6.92 Å². The molecule has 2 rings (SSSR count). The van der Waals surface area contributed by atoms with Gasteiger partial charge in [0.05, 0.1) is 6.61 Å². The summed E-state index contributed by atoms with van der Waals surface area (Å²) in [4.78, 5) is 2.32. The van der Waals surface area contributed by atoms with Crippen molar-refractivity contribution in [3.05, 3.63) is 29.8 Å². The van der Waals surface area contributed by atoms with Crippen LogP contribution in [0.15, 0.2) is 24.3 Å². The van der Waals surface area contributed by atoms with E-state index in [1.165, 1.54) is 24.1 Å². The van der Waals surface area contributed by atoms with Crippen LogP contribution in [0.1, 0.15) is 44.6 Å². The van der Waals surface area contributed by atoms with E-state index in [1.54, 1.807) is 0 Å². The van der Waals surface area contributed by atoms with Gasteiger partial charge in [-0.15, -0.1) is 0 Å². The first-order chi connectivity index (χ1) is 10.1. The van der Waals surface area contributed by atoms with Gasteiger partial charge in [0.1, 0.15) is 0 Å². The Balaban J connectivity index is 1.85. The number of anilines is 1. The van der Waals surface area contributed by atoms with E-state index < -0.39 is 0 Å². The molecular weight excluding hydrogens is 260 g/mol. The first-order valence-electron chi connectivity index (χ1n) is 8.25. The monoisotopic (exact) mass is 290 g/mol. The van der Waals surface area contributed by atoms with Gasteiger partial charge in [0.2, 0.25) is 0 Å². The molecule has 1 fully saturated rings. The van der Waals surface area contributed by atoms with Gasteiger partial charge >= 0.3 is 0 Å². The Kier molecular flexibility index (Phi) is 5.65. The predicted octanol–water partition coefficient (Wildman–Crippen LogP) is 3.10. The second-order valence-electron chi connectivity index (χ2n) is 6.52. The van der Waals surface area contributed by atoms with Gasteiger partial charge in [-0.3, -0.25) is 0 Å². The van der Waals surface area contributed by atoms with Gasteiger partial charge < -0.3 is 15.3 Å². The number of aliphatic hydroxyl groups excluding tert-OH is 1. The topological polar surface area (TPSA) is 35.5 Å². The van der Waals surface area contributed by atoms with Crippen LogP contribution in [-0.2, 0) is 0 Å². The highest BCUT2D eigenvalue weighted by Gasteiger charge is 2.33. The normalized spacial score (nSPS) is 17.5. The van der Waals surface area contributed by atoms with Crippen LogP contribution in [0.25, 0.3) is 0 Å². The molecule has 1 aromatic rings. The maximum absolute atomic E-state index is 9.80. The minimum atomic E-state index is -0.0757. The van der Waals surface area contributed by atoms with Crippen LogP contribution in [0.4, 0.5) is 5.69 Å². The van der Waals surface area contributed by atoms with Crippen LogP contribution in [0.5, 0.6) is 0 Å². The second-order valence-corrected chi connectivity index (χ2v) is 6.52. The van der Waals surface area contributed by atoms with E-state index in [0.29, 0.717) is 6.04 Å². The summed E-state index contributed by atoms with van der Waals surface area (Å²) in [7, 11) is 2.16. The standard InChI is InChI=1S/C18H30N2O/c1-4-18(14-21,19-16-10-11-16)12-7-13-20(3)17-9-6-5-8-15(17)2/h5-6,8-9,16,19,21H,4,7,10-14H2,1-3H3. The molecule has 3 nitrogen and oxygen atoms in total. The lowest BCUT2D eigenvalue weighted by atomic mass is 9.91.